The van der Waals surface area contributed by atoms with Crippen LogP contribution in [0.1, 0.15) is 29.8 Å². The van der Waals surface area contributed by atoms with E-state index in [1.165, 1.54) is 23.8 Å². The van der Waals surface area contributed by atoms with E-state index in [0.29, 0.717) is 5.69 Å². The van der Waals surface area contributed by atoms with Gasteiger partial charge in [0.2, 0.25) is 0 Å². The summed E-state index contributed by atoms with van der Waals surface area (Å²) in [7, 11) is -3.41. The minimum atomic E-state index is -3.41. The third-order valence-electron chi connectivity index (χ3n) is 6.08. The number of amides is 1. The Morgan fingerprint density at radius 3 is 2.44 bits per heavy atom. The number of carbonyl (C=O) groups is 1. The molecule has 0 fully saturated rings. The van der Waals surface area contributed by atoms with Gasteiger partial charge in [-0.3, -0.25) is 9.69 Å². The van der Waals surface area contributed by atoms with Gasteiger partial charge in [-0.2, -0.15) is 0 Å². The quantitative estimate of drug-likeness (QED) is 0.305. The molecule has 0 saturated carbocycles. The Morgan fingerprint density at radius 2 is 1.75 bits per heavy atom. The summed E-state index contributed by atoms with van der Waals surface area (Å²) in [5.41, 5.74) is 4.60. The predicted molar refractivity (Wildman–Crippen MR) is 146 cm³/mol. The molecule has 8 heteroatoms. The van der Waals surface area contributed by atoms with Gasteiger partial charge in [0, 0.05) is 29.4 Å². The third-order valence-corrected chi connectivity index (χ3v) is 7.51. The number of hydrogen-bond acceptors (Lipinski definition) is 5. The number of hydrogen-bond donors (Lipinski definition) is 1. The lowest BCUT2D eigenvalue weighted by Crippen LogP contribution is -2.21. The van der Waals surface area contributed by atoms with Gasteiger partial charge in [-0.05, 0) is 67.2 Å². The summed E-state index contributed by atoms with van der Waals surface area (Å²) in [6.45, 7) is 7.26. The van der Waals surface area contributed by atoms with E-state index in [9.17, 15) is 13.2 Å². The number of benzene rings is 3. The SMILES string of the molecule is CCN(CC)Cc1ccc2nc(-c3cccc(NC(=O)c4ccc(S(C)(=O)=O)cc4Cl)c3)ccc2c1. The molecule has 3 aromatic carbocycles. The summed E-state index contributed by atoms with van der Waals surface area (Å²) >= 11 is 6.20. The largest absolute Gasteiger partial charge is 0.322 e. The average molecular weight is 522 g/mol. The van der Waals surface area contributed by atoms with Gasteiger partial charge >= 0.3 is 0 Å². The second-order valence-electron chi connectivity index (χ2n) is 8.63. The number of halogens is 1. The van der Waals surface area contributed by atoms with E-state index < -0.39 is 15.7 Å². The fraction of sp³-hybridized carbons (Fsp3) is 0.214. The maximum Gasteiger partial charge on any atom is 0.257 e. The van der Waals surface area contributed by atoms with E-state index >= 15 is 0 Å². The molecule has 1 heterocycles. The van der Waals surface area contributed by atoms with Crippen LogP contribution in [0.3, 0.4) is 0 Å². The number of anilines is 1. The van der Waals surface area contributed by atoms with Crippen molar-refractivity contribution in [3.63, 3.8) is 0 Å². The van der Waals surface area contributed by atoms with Gasteiger partial charge < -0.3 is 5.32 Å². The molecule has 186 valence electrons. The van der Waals surface area contributed by atoms with Gasteiger partial charge in [-0.25, -0.2) is 13.4 Å². The molecule has 0 aliphatic carbocycles. The first-order valence-corrected chi connectivity index (χ1v) is 14.0. The second-order valence-corrected chi connectivity index (χ2v) is 11.1. The summed E-state index contributed by atoms with van der Waals surface area (Å²) in [6, 6.07) is 21.9. The van der Waals surface area contributed by atoms with Gasteiger partial charge in [0.15, 0.2) is 9.84 Å². The van der Waals surface area contributed by atoms with Crippen molar-refractivity contribution in [3.05, 3.63) is 88.9 Å². The number of carbonyl (C=O) groups excluding carboxylic acids is 1. The van der Waals surface area contributed by atoms with Crippen molar-refractivity contribution >= 4 is 43.9 Å². The first kappa shape index (κ1) is 25.8. The zero-order chi connectivity index (χ0) is 25.9. The van der Waals surface area contributed by atoms with E-state index in [2.05, 4.69) is 42.3 Å². The molecule has 1 aromatic heterocycles. The molecule has 0 aliphatic heterocycles. The van der Waals surface area contributed by atoms with E-state index in [4.69, 9.17) is 16.6 Å². The molecule has 0 aliphatic rings. The van der Waals surface area contributed by atoms with Gasteiger partial charge in [0.25, 0.3) is 5.91 Å². The van der Waals surface area contributed by atoms with Crippen LogP contribution in [0, 0.1) is 0 Å². The van der Waals surface area contributed by atoms with Crippen LogP contribution in [-0.2, 0) is 16.4 Å². The van der Waals surface area contributed by atoms with Crippen LogP contribution >= 0.6 is 11.6 Å². The third kappa shape index (κ3) is 5.93. The molecule has 0 bridgehead atoms. The predicted octanol–water partition coefficient (Wildman–Crippen LogP) is 6.05. The minimum absolute atomic E-state index is 0.0635. The Hall–Kier alpha value is -3.26. The number of pyridine rings is 1. The minimum Gasteiger partial charge on any atom is -0.322 e. The molecule has 1 N–H and O–H groups in total. The molecule has 4 rings (SSSR count). The summed E-state index contributed by atoms with van der Waals surface area (Å²) in [6.07, 6.45) is 1.09. The Bertz CT molecular complexity index is 1530. The van der Waals surface area contributed by atoms with Crippen LogP contribution in [0.15, 0.2) is 77.7 Å². The maximum atomic E-state index is 12.8. The molecule has 4 aromatic rings. The highest BCUT2D eigenvalue weighted by Crippen LogP contribution is 2.26. The monoisotopic (exact) mass is 521 g/mol. The lowest BCUT2D eigenvalue weighted by Gasteiger charge is -2.18. The molecule has 0 atom stereocenters. The lowest BCUT2D eigenvalue weighted by atomic mass is 10.1. The van der Waals surface area contributed by atoms with Gasteiger partial charge in [0.05, 0.1) is 26.7 Å². The second kappa shape index (κ2) is 10.8. The number of nitrogens with zero attached hydrogens (tertiary/aromatic N) is 2. The first-order chi connectivity index (χ1) is 17.2. The van der Waals surface area contributed by atoms with Gasteiger partial charge in [-0.15, -0.1) is 0 Å². The van der Waals surface area contributed by atoms with Crippen molar-refractivity contribution in [1.29, 1.82) is 0 Å². The average Bonchev–Trinajstić information content (AvgIpc) is 2.86. The summed E-state index contributed by atoms with van der Waals surface area (Å²) in [5, 5.41) is 3.99. The number of fused-ring (bicyclic) bond motifs is 1. The van der Waals surface area contributed by atoms with E-state index in [0.717, 1.165) is 48.1 Å². The van der Waals surface area contributed by atoms with Crippen LogP contribution in [-0.4, -0.2) is 43.6 Å². The summed E-state index contributed by atoms with van der Waals surface area (Å²) in [4.78, 5) is 20.1. The molecule has 1 amide bonds. The van der Waals surface area contributed by atoms with Crippen molar-refractivity contribution in [3.8, 4) is 11.3 Å². The zero-order valence-electron chi connectivity index (χ0n) is 20.5. The standard InChI is InChI=1S/C28H28ClN3O3S/c1-4-32(5-2)18-19-9-13-26-21(15-19)10-14-27(31-26)20-7-6-8-22(16-20)30-28(33)24-12-11-23(17-25(24)29)36(3,34)35/h6-17H,4-5,18H2,1-3H3,(H,30,33). The smallest absolute Gasteiger partial charge is 0.257 e. The molecule has 0 unspecified atom stereocenters. The van der Waals surface area contributed by atoms with E-state index in [1.807, 2.05) is 30.3 Å². The first-order valence-electron chi connectivity index (χ1n) is 11.7. The van der Waals surface area contributed by atoms with Crippen molar-refractivity contribution < 1.29 is 13.2 Å². The molecular weight excluding hydrogens is 494 g/mol. The zero-order valence-corrected chi connectivity index (χ0v) is 22.0. The topological polar surface area (TPSA) is 79.4 Å². The molecule has 0 radical (unpaired) electrons. The Balaban J connectivity index is 1.55. The van der Waals surface area contributed by atoms with Gasteiger partial charge in [0.1, 0.15) is 0 Å². The van der Waals surface area contributed by atoms with Crippen molar-refractivity contribution in [2.24, 2.45) is 0 Å². The van der Waals surface area contributed by atoms with Crippen LogP contribution in [0.25, 0.3) is 22.2 Å². The fourth-order valence-electron chi connectivity index (χ4n) is 4.00. The Labute approximate surface area is 216 Å². The molecule has 36 heavy (non-hydrogen) atoms. The number of sulfone groups is 1. The highest BCUT2D eigenvalue weighted by Gasteiger charge is 2.15. The van der Waals surface area contributed by atoms with Crippen molar-refractivity contribution in [1.82, 2.24) is 9.88 Å². The lowest BCUT2D eigenvalue weighted by molar-refractivity contribution is 0.102. The number of rotatable bonds is 8. The maximum absolute atomic E-state index is 12.8. The fourth-order valence-corrected chi connectivity index (χ4v) is 4.98. The van der Waals surface area contributed by atoms with Crippen LogP contribution < -0.4 is 5.32 Å². The van der Waals surface area contributed by atoms with E-state index in [1.54, 1.807) is 6.07 Å². The van der Waals surface area contributed by atoms with Crippen LogP contribution in [0.4, 0.5) is 5.69 Å². The summed E-state index contributed by atoms with van der Waals surface area (Å²) in [5.74, 6) is -0.426. The van der Waals surface area contributed by atoms with Crippen molar-refractivity contribution in [2.45, 2.75) is 25.3 Å². The normalized spacial score (nSPS) is 11.7. The van der Waals surface area contributed by atoms with Crippen LogP contribution in [0.2, 0.25) is 5.02 Å². The highest BCUT2D eigenvalue weighted by molar-refractivity contribution is 7.90. The number of nitrogens with one attached hydrogen (secondary N) is 1. The van der Waals surface area contributed by atoms with E-state index in [-0.39, 0.29) is 15.5 Å². The number of aromatic nitrogens is 1. The Morgan fingerprint density at radius 1 is 0.972 bits per heavy atom. The van der Waals surface area contributed by atoms with Crippen LogP contribution in [0.5, 0.6) is 0 Å². The molecule has 0 saturated heterocycles. The molecule has 0 spiro atoms. The molecular formula is C28H28ClN3O3S. The Kier molecular flexibility index (Phi) is 7.73. The molecule has 6 nitrogen and oxygen atoms in total. The van der Waals surface area contributed by atoms with Gasteiger partial charge in [-0.1, -0.05) is 49.7 Å². The highest BCUT2D eigenvalue weighted by atomic mass is 35.5. The van der Waals surface area contributed by atoms with Crippen molar-refractivity contribution in [2.75, 3.05) is 24.7 Å². The summed E-state index contributed by atoms with van der Waals surface area (Å²) < 4.78 is 23.5.